The molecule has 2 amide bonds. The van der Waals surface area contributed by atoms with E-state index in [2.05, 4.69) is 43.4 Å². The number of fused-ring (bicyclic) bond motifs is 1. The number of nitrogens with zero attached hydrogens (tertiary/aromatic N) is 3. The Bertz CT molecular complexity index is 922. The van der Waals surface area contributed by atoms with Gasteiger partial charge in [-0.2, -0.15) is 0 Å². The maximum absolute atomic E-state index is 12.8. The zero-order valence-electron chi connectivity index (χ0n) is 17.8. The van der Waals surface area contributed by atoms with Gasteiger partial charge in [0.2, 0.25) is 5.88 Å². The van der Waals surface area contributed by atoms with E-state index in [9.17, 15) is 4.79 Å². The van der Waals surface area contributed by atoms with Crippen LogP contribution in [0.5, 0.6) is 5.88 Å². The van der Waals surface area contributed by atoms with Gasteiger partial charge in [-0.05, 0) is 69.1 Å². The van der Waals surface area contributed by atoms with Crippen LogP contribution >= 0.6 is 12.1 Å². The van der Waals surface area contributed by atoms with Crippen molar-refractivity contribution in [3.05, 3.63) is 41.6 Å². The third-order valence-corrected chi connectivity index (χ3v) is 6.80. The Hall–Kier alpha value is -2.29. The zero-order valence-corrected chi connectivity index (χ0v) is 18.6. The SMILES string of the molecule is COc1cc(-c2ccc3c(c2NC(=O)NSN(C)[C@@H]2CCN(C)C2)CCC3)ccn1. The molecule has 4 rings (SSSR count). The summed E-state index contributed by atoms with van der Waals surface area (Å²) in [6.45, 7) is 2.11. The third kappa shape index (κ3) is 4.55. The summed E-state index contributed by atoms with van der Waals surface area (Å²) in [6.07, 6.45) is 5.99. The number of pyridine rings is 1. The number of amides is 2. The number of anilines is 1. The van der Waals surface area contributed by atoms with Crippen LogP contribution in [0.2, 0.25) is 0 Å². The van der Waals surface area contributed by atoms with E-state index in [0.29, 0.717) is 11.9 Å². The summed E-state index contributed by atoms with van der Waals surface area (Å²) in [6, 6.07) is 8.34. The number of ether oxygens (including phenoxy) is 1. The van der Waals surface area contributed by atoms with Crippen LogP contribution in [0.3, 0.4) is 0 Å². The monoisotopic (exact) mass is 427 g/mol. The van der Waals surface area contributed by atoms with Gasteiger partial charge in [-0.3, -0.25) is 4.72 Å². The molecule has 1 aromatic heterocycles. The van der Waals surface area contributed by atoms with Crippen LogP contribution in [-0.2, 0) is 12.8 Å². The molecule has 2 aliphatic rings. The molecule has 1 aliphatic heterocycles. The van der Waals surface area contributed by atoms with Gasteiger partial charge in [0, 0.05) is 42.5 Å². The van der Waals surface area contributed by atoms with Crippen molar-refractivity contribution in [3.63, 3.8) is 0 Å². The molecule has 2 N–H and O–H groups in total. The summed E-state index contributed by atoms with van der Waals surface area (Å²) in [5.74, 6) is 0.558. The third-order valence-electron chi connectivity index (χ3n) is 5.94. The molecule has 1 aromatic carbocycles. The van der Waals surface area contributed by atoms with Crippen molar-refractivity contribution in [3.8, 4) is 17.0 Å². The Morgan fingerprint density at radius 2 is 2.20 bits per heavy atom. The van der Waals surface area contributed by atoms with Crippen molar-refractivity contribution >= 4 is 23.9 Å². The van der Waals surface area contributed by atoms with Crippen LogP contribution in [0.1, 0.15) is 24.0 Å². The highest BCUT2D eigenvalue weighted by atomic mass is 32.2. The molecule has 1 atom stereocenters. The number of aromatic nitrogens is 1. The minimum absolute atomic E-state index is 0.208. The number of carbonyl (C=O) groups excluding carboxylic acids is 1. The topological polar surface area (TPSA) is 69.7 Å². The number of rotatable bonds is 6. The average Bonchev–Trinajstić information content (AvgIpc) is 3.41. The van der Waals surface area contributed by atoms with Gasteiger partial charge in [0.05, 0.1) is 12.8 Å². The van der Waals surface area contributed by atoms with E-state index in [4.69, 9.17) is 4.74 Å². The van der Waals surface area contributed by atoms with Crippen LogP contribution in [0, 0.1) is 0 Å². The molecule has 30 heavy (non-hydrogen) atoms. The molecule has 2 heterocycles. The first-order chi connectivity index (χ1) is 14.5. The maximum atomic E-state index is 12.8. The fourth-order valence-corrected chi connectivity index (χ4v) is 4.87. The predicted octanol–water partition coefficient (Wildman–Crippen LogP) is 3.57. The van der Waals surface area contributed by atoms with E-state index in [-0.39, 0.29) is 6.03 Å². The molecule has 0 radical (unpaired) electrons. The molecular formula is C22H29N5O2S. The van der Waals surface area contributed by atoms with Crippen LogP contribution in [0.25, 0.3) is 11.1 Å². The minimum atomic E-state index is -0.208. The number of benzene rings is 1. The molecule has 1 fully saturated rings. The lowest BCUT2D eigenvalue weighted by Crippen LogP contribution is -2.34. The van der Waals surface area contributed by atoms with E-state index >= 15 is 0 Å². The Morgan fingerprint density at radius 1 is 1.33 bits per heavy atom. The van der Waals surface area contributed by atoms with Gasteiger partial charge < -0.3 is 15.0 Å². The highest BCUT2D eigenvalue weighted by Gasteiger charge is 2.25. The molecule has 2 aromatic rings. The molecule has 0 spiro atoms. The van der Waals surface area contributed by atoms with E-state index in [0.717, 1.165) is 55.6 Å². The number of aryl methyl sites for hydroxylation is 1. The van der Waals surface area contributed by atoms with Crippen LogP contribution in [0.4, 0.5) is 10.5 Å². The van der Waals surface area contributed by atoms with E-state index < -0.39 is 0 Å². The molecule has 0 unspecified atom stereocenters. The summed E-state index contributed by atoms with van der Waals surface area (Å²) in [7, 11) is 5.77. The number of hydrogen-bond acceptors (Lipinski definition) is 6. The molecule has 160 valence electrons. The van der Waals surface area contributed by atoms with Crippen LogP contribution < -0.4 is 14.8 Å². The normalized spacial score (nSPS) is 18.5. The van der Waals surface area contributed by atoms with Crippen LogP contribution in [0.15, 0.2) is 30.5 Å². The van der Waals surface area contributed by atoms with E-state index in [1.54, 1.807) is 13.3 Å². The Balaban J connectivity index is 1.51. The molecule has 8 heteroatoms. The second-order valence-electron chi connectivity index (χ2n) is 7.96. The van der Waals surface area contributed by atoms with Gasteiger partial charge in [-0.1, -0.05) is 12.1 Å². The molecule has 7 nitrogen and oxygen atoms in total. The fourth-order valence-electron chi connectivity index (χ4n) is 4.27. The summed E-state index contributed by atoms with van der Waals surface area (Å²) in [5.41, 5.74) is 5.40. The van der Waals surface area contributed by atoms with Gasteiger partial charge in [-0.15, -0.1) is 0 Å². The van der Waals surface area contributed by atoms with Gasteiger partial charge in [0.1, 0.15) is 0 Å². The smallest absolute Gasteiger partial charge is 0.330 e. The lowest BCUT2D eigenvalue weighted by atomic mass is 9.98. The first-order valence-electron chi connectivity index (χ1n) is 10.4. The highest BCUT2D eigenvalue weighted by molar-refractivity contribution is 7.95. The largest absolute Gasteiger partial charge is 0.481 e. The fraction of sp³-hybridized carbons (Fsp3) is 0.455. The second-order valence-corrected chi connectivity index (χ2v) is 8.93. The first-order valence-corrected chi connectivity index (χ1v) is 11.1. The summed E-state index contributed by atoms with van der Waals surface area (Å²) in [4.78, 5) is 19.3. The Morgan fingerprint density at radius 3 is 2.97 bits per heavy atom. The molecule has 0 saturated carbocycles. The number of likely N-dealkylation sites (N-methyl/N-ethyl adjacent to an activating group) is 2. The molecule has 1 aliphatic carbocycles. The quantitative estimate of drug-likeness (QED) is 0.687. The van der Waals surface area contributed by atoms with Crippen molar-refractivity contribution in [2.24, 2.45) is 0 Å². The minimum Gasteiger partial charge on any atom is -0.481 e. The van der Waals surface area contributed by atoms with Gasteiger partial charge in [0.15, 0.2) is 0 Å². The molecular weight excluding hydrogens is 398 g/mol. The van der Waals surface area contributed by atoms with Crippen LogP contribution in [-0.4, -0.2) is 60.6 Å². The van der Waals surface area contributed by atoms with Gasteiger partial charge in [-0.25, -0.2) is 14.1 Å². The summed E-state index contributed by atoms with van der Waals surface area (Å²) < 4.78 is 10.4. The van der Waals surface area contributed by atoms with Gasteiger partial charge in [0.25, 0.3) is 0 Å². The molecule has 1 saturated heterocycles. The van der Waals surface area contributed by atoms with Gasteiger partial charge >= 0.3 is 6.03 Å². The number of nitrogens with one attached hydrogen (secondary N) is 2. The predicted molar refractivity (Wildman–Crippen MR) is 122 cm³/mol. The van der Waals surface area contributed by atoms with Crippen molar-refractivity contribution < 1.29 is 9.53 Å². The second kappa shape index (κ2) is 9.24. The van der Waals surface area contributed by atoms with Crippen molar-refractivity contribution in [2.75, 3.05) is 39.6 Å². The Labute approximate surface area is 182 Å². The van der Waals surface area contributed by atoms with E-state index in [1.165, 1.54) is 23.3 Å². The standard InChI is InChI=1S/C22H29N5O2S/c1-26-12-10-17(14-26)27(2)30-25-22(28)24-21-18-6-4-5-15(18)7-8-19(21)16-9-11-23-20(13-16)29-3/h7-9,11,13,17H,4-6,10,12,14H2,1-3H3,(H2,24,25,28)/t17-/m1/s1. The number of urea groups is 1. The number of methoxy groups -OCH3 is 1. The maximum Gasteiger partial charge on any atom is 0.330 e. The Kier molecular flexibility index (Phi) is 6.46. The number of likely N-dealkylation sites (tertiary alicyclic amines) is 1. The van der Waals surface area contributed by atoms with Crippen molar-refractivity contribution in [1.29, 1.82) is 0 Å². The van der Waals surface area contributed by atoms with Crippen molar-refractivity contribution in [1.82, 2.24) is 18.9 Å². The zero-order chi connectivity index (χ0) is 21.1. The summed E-state index contributed by atoms with van der Waals surface area (Å²) >= 11 is 1.36. The van der Waals surface area contributed by atoms with E-state index in [1.807, 2.05) is 19.2 Å². The summed E-state index contributed by atoms with van der Waals surface area (Å²) in [5, 5.41) is 3.13. The lowest BCUT2D eigenvalue weighted by molar-refractivity contribution is 0.256. The van der Waals surface area contributed by atoms with Crippen molar-refractivity contribution in [2.45, 2.75) is 31.7 Å². The number of carbonyl (C=O) groups is 1. The lowest BCUT2D eigenvalue weighted by Gasteiger charge is -2.23. The number of hydrogen-bond donors (Lipinski definition) is 2. The first kappa shape index (κ1) is 21.0. The average molecular weight is 428 g/mol. The molecule has 0 bridgehead atoms. The highest BCUT2D eigenvalue weighted by Crippen LogP contribution is 2.38.